The Balaban J connectivity index is 1.67. The Morgan fingerprint density at radius 1 is 1.33 bits per heavy atom. The van der Waals surface area contributed by atoms with Crippen LogP contribution in [0.25, 0.3) is 0 Å². The molecule has 3 amide bonds. The highest BCUT2D eigenvalue weighted by molar-refractivity contribution is 9.10. The molecule has 0 saturated carbocycles. The maximum Gasteiger partial charge on any atom is 0.318 e. The Morgan fingerprint density at radius 3 is 2.71 bits per heavy atom. The Kier molecular flexibility index (Phi) is 4.57. The second kappa shape index (κ2) is 6.37. The van der Waals surface area contributed by atoms with Crippen molar-refractivity contribution in [2.24, 2.45) is 0 Å². The molecule has 2 atom stereocenters. The van der Waals surface area contributed by atoms with E-state index in [0.717, 1.165) is 10.2 Å². The Bertz CT molecular complexity index is 664. The quantitative estimate of drug-likeness (QED) is 0.805. The van der Waals surface area contributed by atoms with Crippen LogP contribution in [-0.4, -0.2) is 52.7 Å². The molecule has 2 aliphatic heterocycles. The van der Waals surface area contributed by atoms with E-state index in [4.69, 9.17) is 0 Å². The molecule has 1 aromatic carbocycles. The van der Waals surface area contributed by atoms with Gasteiger partial charge in [0.25, 0.3) is 0 Å². The van der Waals surface area contributed by atoms with Crippen molar-refractivity contribution in [2.45, 2.75) is 44.4 Å². The second-order valence-corrected chi connectivity index (χ2v) is 7.79. The number of amides is 3. The molecule has 2 unspecified atom stereocenters. The molecule has 2 aliphatic rings. The molecular formula is C17H22BrN3O3. The van der Waals surface area contributed by atoms with Gasteiger partial charge in [-0.2, -0.15) is 0 Å². The highest BCUT2D eigenvalue weighted by Crippen LogP contribution is 2.29. The number of benzene rings is 1. The van der Waals surface area contributed by atoms with Crippen molar-refractivity contribution in [2.75, 3.05) is 18.0 Å². The number of aliphatic hydroxyl groups excluding tert-OH is 1. The lowest BCUT2D eigenvalue weighted by atomic mass is 9.99. The average Bonchev–Trinajstić information content (AvgIpc) is 3.00. The van der Waals surface area contributed by atoms with E-state index in [1.165, 1.54) is 0 Å². The Hall–Kier alpha value is -1.60. The molecule has 24 heavy (non-hydrogen) atoms. The van der Waals surface area contributed by atoms with E-state index in [9.17, 15) is 14.7 Å². The number of halogens is 1. The molecule has 2 N–H and O–H groups in total. The molecule has 2 saturated heterocycles. The topological polar surface area (TPSA) is 72.9 Å². The zero-order valence-corrected chi connectivity index (χ0v) is 15.4. The maximum absolute atomic E-state index is 12.6. The van der Waals surface area contributed by atoms with Gasteiger partial charge < -0.3 is 20.2 Å². The van der Waals surface area contributed by atoms with E-state index in [-0.39, 0.29) is 11.9 Å². The fourth-order valence-electron chi connectivity index (χ4n) is 3.38. The summed E-state index contributed by atoms with van der Waals surface area (Å²) in [7, 11) is 0. The van der Waals surface area contributed by atoms with Gasteiger partial charge in [0.15, 0.2) is 0 Å². The van der Waals surface area contributed by atoms with E-state index in [2.05, 4.69) is 21.2 Å². The monoisotopic (exact) mass is 395 g/mol. The van der Waals surface area contributed by atoms with Crippen molar-refractivity contribution < 1.29 is 14.7 Å². The fraction of sp³-hybridized carbons (Fsp3) is 0.529. The molecular weight excluding hydrogens is 374 g/mol. The predicted octanol–water partition coefficient (Wildman–Crippen LogP) is 2.11. The molecule has 0 spiro atoms. The summed E-state index contributed by atoms with van der Waals surface area (Å²) in [6.45, 7) is 4.76. The minimum atomic E-state index is -0.615. The van der Waals surface area contributed by atoms with Crippen molar-refractivity contribution in [3.63, 3.8) is 0 Å². The third-order valence-electron chi connectivity index (χ3n) is 5.01. The number of anilines is 1. The molecule has 6 nitrogen and oxygen atoms in total. The molecule has 0 aromatic heterocycles. The third kappa shape index (κ3) is 3.02. The lowest BCUT2D eigenvalue weighted by Gasteiger charge is -2.34. The van der Waals surface area contributed by atoms with Crippen molar-refractivity contribution in [1.82, 2.24) is 10.2 Å². The minimum Gasteiger partial charge on any atom is -0.391 e. The molecule has 7 heteroatoms. The van der Waals surface area contributed by atoms with Gasteiger partial charge in [-0.1, -0.05) is 22.0 Å². The molecule has 1 aromatic rings. The zero-order chi connectivity index (χ0) is 17.5. The van der Waals surface area contributed by atoms with Gasteiger partial charge in [-0.3, -0.25) is 4.79 Å². The predicted molar refractivity (Wildman–Crippen MR) is 94.8 cm³/mol. The molecule has 0 aliphatic carbocycles. The summed E-state index contributed by atoms with van der Waals surface area (Å²) in [5, 5.41) is 12.8. The van der Waals surface area contributed by atoms with Crippen molar-refractivity contribution >= 4 is 33.6 Å². The van der Waals surface area contributed by atoms with Gasteiger partial charge in [-0.05, 0) is 44.9 Å². The van der Waals surface area contributed by atoms with Crippen molar-refractivity contribution in [1.29, 1.82) is 0 Å². The summed E-state index contributed by atoms with van der Waals surface area (Å²) >= 11 is 3.41. The largest absolute Gasteiger partial charge is 0.391 e. The first kappa shape index (κ1) is 17.2. The number of carbonyl (C=O) groups excluding carboxylic acids is 2. The van der Waals surface area contributed by atoms with E-state index in [0.29, 0.717) is 25.9 Å². The number of nitrogens with one attached hydrogen (secondary N) is 1. The van der Waals surface area contributed by atoms with E-state index in [1.54, 1.807) is 9.80 Å². The van der Waals surface area contributed by atoms with Gasteiger partial charge in [0.2, 0.25) is 5.91 Å². The van der Waals surface area contributed by atoms with Crippen LogP contribution in [0.2, 0.25) is 0 Å². The number of urea groups is 1. The van der Waals surface area contributed by atoms with Crippen LogP contribution in [0.4, 0.5) is 10.5 Å². The van der Waals surface area contributed by atoms with Crippen molar-refractivity contribution in [3.8, 4) is 0 Å². The van der Waals surface area contributed by atoms with Crippen LogP contribution in [0.3, 0.4) is 0 Å². The van der Waals surface area contributed by atoms with E-state index < -0.39 is 17.7 Å². The smallest absolute Gasteiger partial charge is 0.318 e. The van der Waals surface area contributed by atoms with Crippen LogP contribution >= 0.6 is 15.9 Å². The number of hydrogen-bond acceptors (Lipinski definition) is 3. The van der Waals surface area contributed by atoms with Crippen LogP contribution in [-0.2, 0) is 4.79 Å². The number of carbonyl (C=O) groups is 2. The highest BCUT2D eigenvalue weighted by Gasteiger charge is 2.44. The lowest BCUT2D eigenvalue weighted by molar-refractivity contribution is -0.118. The maximum atomic E-state index is 12.6. The second-order valence-electron chi connectivity index (χ2n) is 6.87. The first-order valence-electron chi connectivity index (χ1n) is 8.14. The van der Waals surface area contributed by atoms with Gasteiger partial charge in [-0.25, -0.2) is 4.79 Å². The van der Waals surface area contributed by atoms with Crippen LogP contribution in [0.15, 0.2) is 28.7 Å². The number of hydrogen-bond donors (Lipinski definition) is 2. The number of likely N-dealkylation sites (tertiary alicyclic amines) is 1. The van der Waals surface area contributed by atoms with Crippen LogP contribution in [0.5, 0.6) is 0 Å². The average molecular weight is 396 g/mol. The molecule has 3 rings (SSSR count). The first-order chi connectivity index (χ1) is 11.3. The van der Waals surface area contributed by atoms with Gasteiger partial charge in [-0.15, -0.1) is 0 Å². The first-order valence-corrected chi connectivity index (χ1v) is 8.93. The summed E-state index contributed by atoms with van der Waals surface area (Å²) in [5.41, 5.74) is 0.207. The van der Waals surface area contributed by atoms with E-state index >= 15 is 0 Å². The summed E-state index contributed by atoms with van der Waals surface area (Å²) in [5.74, 6) is -0.0981. The SMILES string of the molecule is CC1(C)C(O)CCN1C(=O)NC1CCN(c2cccc(Br)c2)C1=O. The lowest BCUT2D eigenvalue weighted by Crippen LogP contribution is -2.54. The van der Waals surface area contributed by atoms with Crippen LogP contribution in [0.1, 0.15) is 26.7 Å². The number of aliphatic hydroxyl groups is 1. The van der Waals surface area contributed by atoms with Gasteiger partial charge >= 0.3 is 6.03 Å². The molecule has 0 radical (unpaired) electrons. The summed E-state index contributed by atoms with van der Waals surface area (Å²) in [6, 6.07) is 6.75. The van der Waals surface area contributed by atoms with Crippen molar-refractivity contribution in [3.05, 3.63) is 28.7 Å². The molecule has 0 bridgehead atoms. The number of rotatable bonds is 2. The minimum absolute atomic E-state index is 0.0981. The standard InChI is InChI=1S/C17H22BrN3O3/c1-17(2)14(22)7-9-21(17)16(24)19-13-6-8-20(15(13)23)12-5-3-4-11(18)10-12/h3-5,10,13-14,22H,6-9H2,1-2H3,(H,19,24). The molecule has 2 heterocycles. The van der Waals surface area contributed by atoms with E-state index in [1.807, 2.05) is 38.1 Å². The van der Waals surface area contributed by atoms with Gasteiger partial charge in [0.1, 0.15) is 6.04 Å². The van der Waals surface area contributed by atoms with Crippen LogP contribution < -0.4 is 10.2 Å². The fourth-order valence-corrected chi connectivity index (χ4v) is 3.76. The normalized spacial score (nSPS) is 26.1. The summed E-state index contributed by atoms with van der Waals surface area (Å²) < 4.78 is 0.910. The highest BCUT2D eigenvalue weighted by atomic mass is 79.9. The zero-order valence-electron chi connectivity index (χ0n) is 13.8. The summed E-state index contributed by atoms with van der Waals surface area (Å²) in [4.78, 5) is 28.5. The van der Waals surface area contributed by atoms with Gasteiger partial charge in [0, 0.05) is 23.2 Å². The Morgan fingerprint density at radius 2 is 2.08 bits per heavy atom. The molecule has 2 fully saturated rings. The summed E-state index contributed by atoms with van der Waals surface area (Å²) in [6.07, 6.45) is 0.595. The Labute approximate surface area is 149 Å². The number of nitrogens with zero attached hydrogens (tertiary/aromatic N) is 2. The molecule has 130 valence electrons. The van der Waals surface area contributed by atoms with Crippen LogP contribution in [0, 0.1) is 0 Å². The third-order valence-corrected chi connectivity index (χ3v) is 5.50. The van der Waals surface area contributed by atoms with Gasteiger partial charge in [0.05, 0.1) is 11.6 Å².